The molecule has 1 aliphatic heterocycles. The standard InChI is InChI=1S/C16H14O3/c1-10-2-4-11(5-3-10)16-9-14(18)13-8-12(17)6-7-15(13)19-16/h2-8,16-17H,9H2,1H3/t16-/m0/s1. The van der Waals surface area contributed by atoms with Crippen LogP contribution in [0.1, 0.15) is 34.0 Å². The summed E-state index contributed by atoms with van der Waals surface area (Å²) < 4.78 is 5.85. The average Bonchev–Trinajstić information content (AvgIpc) is 2.40. The molecule has 1 aliphatic rings. The van der Waals surface area contributed by atoms with Crippen molar-refractivity contribution in [3.8, 4) is 11.5 Å². The molecule has 0 aliphatic carbocycles. The first kappa shape index (κ1) is 11.8. The van der Waals surface area contributed by atoms with Crippen molar-refractivity contribution in [3.63, 3.8) is 0 Å². The number of ketones is 1. The Labute approximate surface area is 111 Å². The van der Waals surface area contributed by atoms with Gasteiger partial charge in [0.2, 0.25) is 0 Å². The van der Waals surface area contributed by atoms with Gasteiger partial charge in [-0.1, -0.05) is 29.8 Å². The topological polar surface area (TPSA) is 46.5 Å². The van der Waals surface area contributed by atoms with Crippen LogP contribution in [0.25, 0.3) is 0 Å². The van der Waals surface area contributed by atoms with Crippen LogP contribution in [0.15, 0.2) is 42.5 Å². The van der Waals surface area contributed by atoms with Crippen molar-refractivity contribution in [2.45, 2.75) is 19.4 Å². The number of Topliss-reactive ketones (excluding diaryl/α,β-unsaturated/α-hetero) is 1. The molecule has 2 aromatic rings. The van der Waals surface area contributed by atoms with Crippen LogP contribution in [0.4, 0.5) is 0 Å². The number of phenolic OH excluding ortho intramolecular Hbond substituents is 1. The largest absolute Gasteiger partial charge is 0.508 e. The second-order valence-corrected chi connectivity index (χ2v) is 4.82. The van der Waals surface area contributed by atoms with E-state index in [0.717, 1.165) is 5.56 Å². The highest BCUT2D eigenvalue weighted by atomic mass is 16.5. The molecular formula is C16H14O3. The minimum atomic E-state index is -0.245. The Hall–Kier alpha value is -2.29. The van der Waals surface area contributed by atoms with Gasteiger partial charge in [0.1, 0.15) is 17.6 Å². The predicted octanol–water partition coefficient (Wildman–Crippen LogP) is 3.41. The summed E-state index contributed by atoms with van der Waals surface area (Å²) in [7, 11) is 0. The third-order valence-corrected chi connectivity index (χ3v) is 3.35. The smallest absolute Gasteiger partial charge is 0.170 e. The Kier molecular flexibility index (Phi) is 2.75. The van der Waals surface area contributed by atoms with Gasteiger partial charge in [-0.25, -0.2) is 0 Å². The van der Waals surface area contributed by atoms with Gasteiger partial charge in [-0.2, -0.15) is 0 Å². The van der Waals surface area contributed by atoms with Crippen LogP contribution in [0.5, 0.6) is 11.5 Å². The van der Waals surface area contributed by atoms with Gasteiger partial charge in [0.25, 0.3) is 0 Å². The van der Waals surface area contributed by atoms with Crippen LogP contribution in [-0.2, 0) is 0 Å². The lowest BCUT2D eigenvalue weighted by atomic mass is 9.96. The van der Waals surface area contributed by atoms with Gasteiger partial charge < -0.3 is 9.84 Å². The highest BCUT2D eigenvalue weighted by Crippen LogP contribution is 2.36. The monoisotopic (exact) mass is 254 g/mol. The van der Waals surface area contributed by atoms with Crippen molar-refractivity contribution >= 4 is 5.78 Å². The van der Waals surface area contributed by atoms with E-state index >= 15 is 0 Å². The number of aromatic hydroxyl groups is 1. The van der Waals surface area contributed by atoms with Gasteiger partial charge in [-0.05, 0) is 30.7 Å². The molecule has 0 amide bonds. The van der Waals surface area contributed by atoms with Crippen molar-refractivity contribution in [1.29, 1.82) is 0 Å². The first-order valence-electron chi connectivity index (χ1n) is 6.23. The Morgan fingerprint density at radius 3 is 2.63 bits per heavy atom. The number of phenols is 1. The van der Waals surface area contributed by atoms with E-state index in [4.69, 9.17) is 4.74 Å². The summed E-state index contributed by atoms with van der Waals surface area (Å²) in [5.41, 5.74) is 2.64. The molecule has 0 fully saturated rings. The fraction of sp³-hybridized carbons (Fsp3) is 0.188. The molecule has 3 nitrogen and oxygen atoms in total. The van der Waals surface area contributed by atoms with Crippen LogP contribution in [0.3, 0.4) is 0 Å². The maximum atomic E-state index is 12.1. The maximum Gasteiger partial charge on any atom is 0.170 e. The lowest BCUT2D eigenvalue weighted by Gasteiger charge is -2.25. The molecule has 0 unspecified atom stereocenters. The molecule has 1 atom stereocenters. The van der Waals surface area contributed by atoms with E-state index < -0.39 is 0 Å². The van der Waals surface area contributed by atoms with Crippen molar-refractivity contribution in [3.05, 3.63) is 59.2 Å². The summed E-state index contributed by atoms with van der Waals surface area (Å²) in [6.07, 6.45) is 0.0598. The second-order valence-electron chi connectivity index (χ2n) is 4.82. The van der Waals surface area contributed by atoms with E-state index in [0.29, 0.717) is 17.7 Å². The summed E-state index contributed by atoms with van der Waals surface area (Å²) in [4.78, 5) is 12.1. The number of fused-ring (bicyclic) bond motifs is 1. The molecule has 2 aromatic carbocycles. The number of aryl methyl sites for hydroxylation is 1. The number of hydrogen-bond acceptors (Lipinski definition) is 3. The Morgan fingerprint density at radius 2 is 1.89 bits per heavy atom. The highest BCUT2D eigenvalue weighted by molar-refractivity contribution is 6.00. The molecule has 0 saturated heterocycles. The normalized spacial score (nSPS) is 17.7. The van der Waals surface area contributed by atoms with E-state index in [1.54, 1.807) is 6.07 Å². The number of carbonyl (C=O) groups is 1. The molecule has 19 heavy (non-hydrogen) atoms. The summed E-state index contributed by atoms with van der Waals surface area (Å²) in [6, 6.07) is 12.6. The number of carbonyl (C=O) groups excluding carboxylic acids is 1. The van der Waals surface area contributed by atoms with Gasteiger partial charge in [0.05, 0.1) is 12.0 Å². The van der Waals surface area contributed by atoms with Crippen LogP contribution >= 0.6 is 0 Å². The van der Waals surface area contributed by atoms with Gasteiger partial charge in [-0.3, -0.25) is 4.79 Å². The van der Waals surface area contributed by atoms with Crippen molar-refractivity contribution in [2.75, 3.05) is 0 Å². The van der Waals surface area contributed by atoms with Crippen molar-refractivity contribution in [1.82, 2.24) is 0 Å². The minimum Gasteiger partial charge on any atom is -0.508 e. The zero-order valence-electron chi connectivity index (χ0n) is 10.6. The SMILES string of the molecule is Cc1ccc([C@@H]2CC(=O)c3cc(O)ccc3O2)cc1. The van der Waals surface area contributed by atoms with Gasteiger partial charge >= 0.3 is 0 Å². The van der Waals surface area contributed by atoms with Crippen molar-refractivity contribution in [2.24, 2.45) is 0 Å². The summed E-state index contributed by atoms with van der Waals surface area (Å²) in [5, 5.41) is 9.41. The number of rotatable bonds is 1. The quantitative estimate of drug-likeness (QED) is 0.848. The van der Waals surface area contributed by atoms with Crippen LogP contribution < -0.4 is 4.74 Å². The van der Waals surface area contributed by atoms with E-state index in [1.165, 1.54) is 17.7 Å². The van der Waals surface area contributed by atoms with Gasteiger partial charge in [-0.15, -0.1) is 0 Å². The third kappa shape index (κ3) is 2.19. The average molecular weight is 254 g/mol. The fourth-order valence-corrected chi connectivity index (χ4v) is 2.28. The molecule has 3 rings (SSSR count). The molecule has 96 valence electrons. The van der Waals surface area contributed by atoms with Crippen LogP contribution in [0, 0.1) is 6.92 Å². The summed E-state index contributed by atoms with van der Waals surface area (Å²) in [5.74, 6) is 0.631. The molecule has 0 saturated carbocycles. The maximum absolute atomic E-state index is 12.1. The molecule has 0 radical (unpaired) electrons. The lowest BCUT2D eigenvalue weighted by molar-refractivity contribution is 0.0849. The highest BCUT2D eigenvalue weighted by Gasteiger charge is 2.27. The van der Waals surface area contributed by atoms with E-state index in [1.807, 2.05) is 31.2 Å². The molecule has 0 spiro atoms. The van der Waals surface area contributed by atoms with Gasteiger partial charge in [0.15, 0.2) is 5.78 Å². The number of ether oxygens (including phenoxy) is 1. The zero-order valence-corrected chi connectivity index (χ0v) is 10.6. The molecule has 1 heterocycles. The van der Waals surface area contributed by atoms with Crippen LogP contribution in [0.2, 0.25) is 0 Å². The summed E-state index contributed by atoms with van der Waals surface area (Å²) >= 11 is 0. The van der Waals surface area contributed by atoms with E-state index in [2.05, 4.69) is 0 Å². The second kappa shape index (κ2) is 4.43. The van der Waals surface area contributed by atoms with E-state index in [-0.39, 0.29) is 17.6 Å². The van der Waals surface area contributed by atoms with E-state index in [9.17, 15) is 9.90 Å². The van der Waals surface area contributed by atoms with Crippen LogP contribution in [-0.4, -0.2) is 10.9 Å². The Balaban J connectivity index is 1.95. The Bertz CT molecular complexity index is 629. The Morgan fingerprint density at radius 1 is 1.16 bits per heavy atom. The van der Waals surface area contributed by atoms with Crippen molar-refractivity contribution < 1.29 is 14.6 Å². The fourth-order valence-electron chi connectivity index (χ4n) is 2.28. The zero-order chi connectivity index (χ0) is 13.4. The van der Waals surface area contributed by atoms with Gasteiger partial charge in [0, 0.05) is 0 Å². The predicted molar refractivity (Wildman–Crippen MR) is 71.6 cm³/mol. The molecule has 0 bridgehead atoms. The first-order chi connectivity index (χ1) is 9.13. The molecule has 3 heteroatoms. The molecular weight excluding hydrogens is 240 g/mol. The number of benzene rings is 2. The molecule has 1 N–H and O–H groups in total. The summed E-state index contributed by atoms with van der Waals surface area (Å²) in [6.45, 7) is 2.02. The molecule has 0 aromatic heterocycles. The third-order valence-electron chi connectivity index (χ3n) is 3.35. The first-order valence-corrected chi connectivity index (χ1v) is 6.23. The minimum absolute atomic E-state index is 0.00252. The lowest BCUT2D eigenvalue weighted by Crippen LogP contribution is -2.20. The number of hydrogen-bond donors (Lipinski definition) is 1.